The molecule has 0 aliphatic heterocycles. The summed E-state index contributed by atoms with van der Waals surface area (Å²) in [6.07, 6.45) is 0. The van der Waals surface area contributed by atoms with Crippen molar-refractivity contribution >= 4 is 40.8 Å². The lowest BCUT2D eigenvalue weighted by Crippen LogP contribution is -2.01. The van der Waals surface area contributed by atoms with Crippen LogP contribution in [0.2, 0.25) is 10.0 Å². The third kappa shape index (κ3) is 3.98. The van der Waals surface area contributed by atoms with E-state index in [0.717, 1.165) is 9.92 Å². The van der Waals surface area contributed by atoms with Gasteiger partial charge in [0.25, 0.3) is 0 Å². The van der Waals surface area contributed by atoms with Gasteiger partial charge in [-0.3, -0.25) is 0 Å². The number of nitrogens with two attached hydrogens (primary N) is 1. The van der Waals surface area contributed by atoms with E-state index in [1.54, 1.807) is 25.3 Å². The molecule has 0 aliphatic rings. The van der Waals surface area contributed by atoms with E-state index in [2.05, 4.69) is 9.97 Å². The van der Waals surface area contributed by atoms with E-state index in [9.17, 15) is 0 Å². The van der Waals surface area contributed by atoms with Crippen molar-refractivity contribution in [2.45, 2.75) is 16.5 Å². The van der Waals surface area contributed by atoms with Gasteiger partial charge in [0.1, 0.15) is 17.5 Å². The molecule has 1 heterocycles. The van der Waals surface area contributed by atoms with Crippen molar-refractivity contribution in [2.75, 3.05) is 12.8 Å². The predicted molar refractivity (Wildman–Crippen MR) is 77.7 cm³/mol. The largest absolute Gasteiger partial charge is 0.384 e. The van der Waals surface area contributed by atoms with Crippen molar-refractivity contribution in [3.63, 3.8) is 0 Å². The Kier molecular flexibility index (Phi) is 4.87. The lowest BCUT2D eigenvalue weighted by atomic mass is 10.4. The average Bonchev–Trinajstić information content (AvgIpc) is 2.33. The smallest absolute Gasteiger partial charge is 0.157 e. The van der Waals surface area contributed by atoms with Gasteiger partial charge >= 0.3 is 0 Å². The Morgan fingerprint density at radius 3 is 2.68 bits per heavy atom. The fourth-order valence-electron chi connectivity index (χ4n) is 1.40. The first kappa shape index (κ1) is 14.4. The van der Waals surface area contributed by atoms with Gasteiger partial charge in [-0.25, -0.2) is 9.97 Å². The number of hydrogen-bond acceptors (Lipinski definition) is 5. The molecular weight excluding hydrogens is 305 g/mol. The van der Waals surface area contributed by atoms with Crippen molar-refractivity contribution in [1.82, 2.24) is 9.97 Å². The summed E-state index contributed by atoms with van der Waals surface area (Å²) in [5.74, 6) is 0.953. The summed E-state index contributed by atoms with van der Waals surface area (Å²) < 4.78 is 4.99. The monoisotopic (exact) mass is 315 g/mol. The van der Waals surface area contributed by atoms with Crippen LogP contribution in [-0.2, 0) is 11.3 Å². The molecule has 0 fully saturated rings. The number of aromatic nitrogens is 2. The quantitative estimate of drug-likeness (QED) is 0.872. The number of halogens is 2. The van der Waals surface area contributed by atoms with Gasteiger partial charge in [-0.1, -0.05) is 35.0 Å². The molecule has 0 spiro atoms. The number of nitrogen functional groups attached to an aromatic ring is 1. The minimum absolute atomic E-state index is 0.319. The molecule has 2 rings (SSSR count). The second kappa shape index (κ2) is 6.43. The Hall–Kier alpha value is -1.01. The summed E-state index contributed by atoms with van der Waals surface area (Å²) in [5, 5.41) is 1.76. The predicted octanol–water partition coefficient (Wildman–Crippen LogP) is 3.66. The van der Waals surface area contributed by atoms with Gasteiger partial charge in [0.05, 0.1) is 10.0 Å². The van der Waals surface area contributed by atoms with E-state index in [1.165, 1.54) is 11.8 Å². The number of anilines is 1. The molecule has 0 radical (unpaired) electrons. The van der Waals surface area contributed by atoms with Crippen LogP contribution in [0.15, 0.2) is 34.2 Å². The van der Waals surface area contributed by atoms with Gasteiger partial charge in [-0.05, 0) is 18.2 Å². The molecule has 0 amide bonds. The number of methoxy groups -OCH3 is 1. The second-order valence-corrected chi connectivity index (χ2v) is 5.57. The first-order valence-corrected chi connectivity index (χ1v) is 6.91. The lowest BCUT2D eigenvalue weighted by molar-refractivity contribution is 0.177. The van der Waals surface area contributed by atoms with Gasteiger partial charge in [-0.2, -0.15) is 0 Å². The molecule has 4 nitrogen and oxygen atoms in total. The molecule has 0 saturated heterocycles. The molecule has 2 N–H and O–H groups in total. The SMILES string of the molecule is COCc1nc(N)cc(Sc2ccc(Cl)c(Cl)c2)n1. The molecule has 2 aromatic rings. The summed E-state index contributed by atoms with van der Waals surface area (Å²) >= 11 is 13.3. The first-order valence-electron chi connectivity index (χ1n) is 5.34. The zero-order valence-corrected chi connectivity index (χ0v) is 12.4. The maximum absolute atomic E-state index is 5.97. The fraction of sp³-hybridized carbons (Fsp3) is 0.167. The van der Waals surface area contributed by atoms with Crippen molar-refractivity contribution < 1.29 is 4.74 Å². The molecule has 7 heteroatoms. The first-order chi connectivity index (χ1) is 9.08. The van der Waals surface area contributed by atoms with Crippen LogP contribution in [0, 0.1) is 0 Å². The van der Waals surface area contributed by atoms with Gasteiger partial charge in [0.15, 0.2) is 5.82 Å². The Morgan fingerprint density at radius 2 is 2.00 bits per heavy atom. The third-order valence-electron chi connectivity index (χ3n) is 2.16. The van der Waals surface area contributed by atoms with E-state index < -0.39 is 0 Å². The minimum Gasteiger partial charge on any atom is -0.384 e. The van der Waals surface area contributed by atoms with E-state index in [0.29, 0.717) is 28.3 Å². The van der Waals surface area contributed by atoms with Crippen LogP contribution >= 0.6 is 35.0 Å². The third-order valence-corrected chi connectivity index (χ3v) is 3.80. The summed E-state index contributed by atoms with van der Waals surface area (Å²) in [4.78, 5) is 9.35. The molecule has 1 aromatic heterocycles. The summed E-state index contributed by atoms with van der Waals surface area (Å²) in [6, 6.07) is 7.09. The highest BCUT2D eigenvalue weighted by Crippen LogP contribution is 2.32. The molecule has 0 saturated carbocycles. The maximum Gasteiger partial charge on any atom is 0.157 e. The van der Waals surface area contributed by atoms with Gasteiger partial charge in [0, 0.05) is 18.1 Å². The molecule has 1 aromatic carbocycles. The van der Waals surface area contributed by atoms with Crippen molar-refractivity contribution in [2.24, 2.45) is 0 Å². The van der Waals surface area contributed by atoms with Crippen LogP contribution in [0.25, 0.3) is 0 Å². The minimum atomic E-state index is 0.319. The lowest BCUT2D eigenvalue weighted by Gasteiger charge is -2.06. The normalized spacial score (nSPS) is 10.7. The number of benzene rings is 1. The zero-order valence-electron chi connectivity index (χ0n) is 10.1. The van der Waals surface area contributed by atoms with E-state index in [-0.39, 0.29) is 0 Å². The van der Waals surface area contributed by atoms with Crippen LogP contribution in [-0.4, -0.2) is 17.1 Å². The number of hydrogen-bond donors (Lipinski definition) is 1. The highest BCUT2D eigenvalue weighted by molar-refractivity contribution is 7.99. The topological polar surface area (TPSA) is 61.0 Å². The molecule has 0 unspecified atom stereocenters. The highest BCUT2D eigenvalue weighted by atomic mass is 35.5. The van der Waals surface area contributed by atoms with Gasteiger partial charge in [-0.15, -0.1) is 0 Å². The van der Waals surface area contributed by atoms with Crippen LogP contribution in [0.1, 0.15) is 5.82 Å². The summed E-state index contributed by atoms with van der Waals surface area (Å²) in [5.41, 5.74) is 5.73. The van der Waals surface area contributed by atoms with Crippen LogP contribution in [0.4, 0.5) is 5.82 Å². The van der Waals surface area contributed by atoms with Crippen LogP contribution < -0.4 is 5.73 Å². The van der Waals surface area contributed by atoms with E-state index in [1.807, 2.05) is 6.07 Å². The fourth-order valence-corrected chi connectivity index (χ4v) is 2.65. The Bertz CT molecular complexity index is 595. The summed E-state index contributed by atoms with van der Waals surface area (Å²) in [6.45, 7) is 0.319. The summed E-state index contributed by atoms with van der Waals surface area (Å²) in [7, 11) is 1.58. The van der Waals surface area contributed by atoms with Crippen LogP contribution in [0.5, 0.6) is 0 Å². The Morgan fingerprint density at radius 1 is 1.21 bits per heavy atom. The molecule has 0 bridgehead atoms. The van der Waals surface area contributed by atoms with Crippen molar-refractivity contribution in [3.8, 4) is 0 Å². The average molecular weight is 316 g/mol. The Balaban J connectivity index is 2.24. The molecular formula is C12H11Cl2N3OS. The van der Waals surface area contributed by atoms with Gasteiger partial charge < -0.3 is 10.5 Å². The zero-order chi connectivity index (χ0) is 13.8. The standard InChI is InChI=1S/C12H11Cl2N3OS/c1-18-6-11-16-10(15)5-12(17-11)19-7-2-3-8(13)9(14)4-7/h2-5H,6H2,1H3,(H2,15,16,17). The van der Waals surface area contributed by atoms with Crippen molar-refractivity contribution in [1.29, 1.82) is 0 Å². The van der Waals surface area contributed by atoms with E-state index in [4.69, 9.17) is 33.7 Å². The second-order valence-electron chi connectivity index (χ2n) is 3.66. The van der Waals surface area contributed by atoms with E-state index >= 15 is 0 Å². The molecule has 0 atom stereocenters. The molecule has 19 heavy (non-hydrogen) atoms. The Labute approximate surface area is 125 Å². The highest BCUT2D eigenvalue weighted by Gasteiger charge is 2.06. The number of rotatable bonds is 4. The van der Waals surface area contributed by atoms with Crippen LogP contribution in [0.3, 0.4) is 0 Å². The molecule has 0 aliphatic carbocycles. The maximum atomic E-state index is 5.97. The molecule has 100 valence electrons. The number of nitrogens with zero attached hydrogens (tertiary/aromatic N) is 2. The number of ether oxygens (including phenoxy) is 1. The van der Waals surface area contributed by atoms with Crippen molar-refractivity contribution in [3.05, 3.63) is 40.1 Å². The van der Waals surface area contributed by atoms with Gasteiger partial charge in [0.2, 0.25) is 0 Å².